The van der Waals surface area contributed by atoms with Crippen molar-refractivity contribution in [3.8, 4) is 11.8 Å². The van der Waals surface area contributed by atoms with Gasteiger partial charge in [0.05, 0.1) is 7.05 Å². The highest BCUT2D eigenvalue weighted by Crippen LogP contribution is 2.26. The van der Waals surface area contributed by atoms with E-state index >= 15 is 0 Å². The molecule has 0 bridgehead atoms. The van der Waals surface area contributed by atoms with Crippen molar-refractivity contribution in [2.45, 2.75) is 37.7 Å². The highest BCUT2D eigenvalue weighted by atomic mass is 16.3. The molecule has 0 atom stereocenters. The summed E-state index contributed by atoms with van der Waals surface area (Å²) in [5.41, 5.74) is -0.657. The minimum absolute atomic E-state index is 0.657. The molecule has 0 unspecified atom stereocenters. The van der Waals surface area contributed by atoms with Crippen LogP contribution in [0, 0.1) is 11.8 Å². The zero-order valence-corrected chi connectivity index (χ0v) is 11.0. The largest absolute Gasteiger partial charge is 0.378 e. The Balaban J connectivity index is 1.77. The average Bonchev–Trinajstić information content (AvgIpc) is 2.32. The van der Waals surface area contributed by atoms with Gasteiger partial charge in [0.25, 0.3) is 0 Å². The maximum Gasteiger partial charge on any atom is 0.139 e. The number of quaternary nitrogens is 2. The van der Waals surface area contributed by atoms with Gasteiger partial charge in [-0.2, -0.15) is 0 Å². The van der Waals surface area contributed by atoms with E-state index in [9.17, 15) is 5.11 Å². The fraction of sp³-hybridized carbons (Fsp3) is 0.857. The number of hydrogen-bond acceptors (Lipinski definition) is 1. The Morgan fingerprint density at radius 1 is 1.06 bits per heavy atom. The molecule has 3 N–H and O–H groups in total. The first-order valence-electron chi connectivity index (χ1n) is 7.05. The minimum atomic E-state index is -0.657. The molecule has 1 heterocycles. The van der Waals surface area contributed by atoms with Crippen LogP contribution in [0.15, 0.2) is 0 Å². The number of nitrogens with one attached hydrogen (secondary N) is 2. The van der Waals surface area contributed by atoms with Gasteiger partial charge in [-0.1, -0.05) is 12.3 Å². The third-order valence-corrected chi connectivity index (χ3v) is 4.15. The first kappa shape index (κ1) is 12.9. The molecular weight excluding hydrogens is 212 g/mol. The molecule has 3 heteroatoms. The maximum absolute atomic E-state index is 10.3. The molecule has 0 aromatic rings. The minimum Gasteiger partial charge on any atom is -0.378 e. The fourth-order valence-corrected chi connectivity index (χ4v) is 2.80. The van der Waals surface area contributed by atoms with Crippen molar-refractivity contribution >= 4 is 0 Å². The van der Waals surface area contributed by atoms with Crippen LogP contribution in [0.4, 0.5) is 0 Å². The third kappa shape index (κ3) is 3.99. The zero-order valence-electron chi connectivity index (χ0n) is 11.0. The van der Waals surface area contributed by atoms with Gasteiger partial charge in [0.15, 0.2) is 0 Å². The summed E-state index contributed by atoms with van der Waals surface area (Å²) in [7, 11) is 2.26. The van der Waals surface area contributed by atoms with Crippen molar-refractivity contribution in [3.63, 3.8) is 0 Å². The van der Waals surface area contributed by atoms with E-state index in [4.69, 9.17) is 0 Å². The first-order valence-corrected chi connectivity index (χ1v) is 7.05. The Kier molecular flexibility index (Phi) is 4.44. The highest BCUT2D eigenvalue weighted by molar-refractivity contribution is 5.14. The summed E-state index contributed by atoms with van der Waals surface area (Å²) in [6, 6.07) is 0. The summed E-state index contributed by atoms with van der Waals surface area (Å²) in [4.78, 5) is 3.22. The van der Waals surface area contributed by atoms with E-state index in [1.165, 1.54) is 32.6 Å². The molecule has 0 amide bonds. The second-order valence-electron chi connectivity index (χ2n) is 5.78. The van der Waals surface area contributed by atoms with E-state index in [-0.39, 0.29) is 0 Å². The van der Waals surface area contributed by atoms with Gasteiger partial charge in [0, 0.05) is 0 Å². The van der Waals surface area contributed by atoms with Crippen molar-refractivity contribution in [1.29, 1.82) is 0 Å². The quantitative estimate of drug-likeness (QED) is 0.458. The SMILES string of the molecule is C[NH+]1CC[NH+](CC#CC2(O)CCCCC2)CC1. The summed E-state index contributed by atoms with van der Waals surface area (Å²) in [6.45, 7) is 5.86. The summed E-state index contributed by atoms with van der Waals surface area (Å²) >= 11 is 0. The van der Waals surface area contributed by atoms with Gasteiger partial charge < -0.3 is 14.9 Å². The van der Waals surface area contributed by atoms with Crippen molar-refractivity contribution in [2.24, 2.45) is 0 Å². The first-order chi connectivity index (χ1) is 8.18. The molecule has 0 aromatic heterocycles. The van der Waals surface area contributed by atoms with Crippen LogP contribution < -0.4 is 9.80 Å². The Labute approximate surface area is 105 Å². The summed E-state index contributed by atoms with van der Waals surface area (Å²) in [6.07, 6.45) is 5.28. The molecule has 3 nitrogen and oxygen atoms in total. The molecule has 0 spiro atoms. The molecular formula is C14H26N2O+2. The molecule has 17 heavy (non-hydrogen) atoms. The zero-order chi connectivity index (χ0) is 12.1. The molecule has 2 rings (SSSR count). The number of aliphatic hydroxyl groups is 1. The Hall–Kier alpha value is -0.560. The van der Waals surface area contributed by atoms with Gasteiger partial charge in [-0.05, 0) is 31.6 Å². The predicted molar refractivity (Wildman–Crippen MR) is 68.0 cm³/mol. The average molecular weight is 238 g/mol. The molecule has 96 valence electrons. The van der Waals surface area contributed by atoms with Gasteiger partial charge in [0.1, 0.15) is 38.3 Å². The summed E-state index contributed by atoms with van der Waals surface area (Å²) in [5.74, 6) is 6.37. The highest BCUT2D eigenvalue weighted by Gasteiger charge is 2.26. The molecule has 0 radical (unpaired) electrons. The van der Waals surface area contributed by atoms with Gasteiger partial charge >= 0.3 is 0 Å². The van der Waals surface area contributed by atoms with Crippen LogP contribution in [-0.4, -0.2) is 50.5 Å². The third-order valence-electron chi connectivity index (χ3n) is 4.15. The predicted octanol–water partition coefficient (Wildman–Crippen LogP) is -1.90. The van der Waals surface area contributed by atoms with Gasteiger partial charge in [-0.15, -0.1) is 0 Å². The van der Waals surface area contributed by atoms with Crippen LogP contribution in [-0.2, 0) is 0 Å². The maximum atomic E-state index is 10.3. The standard InChI is InChI=1S/C14H24N2O/c1-15-10-12-16(13-11-15)9-5-8-14(17)6-3-2-4-7-14/h17H,2-4,6-7,9-13H2,1H3/p+2. The van der Waals surface area contributed by atoms with E-state index in [0.717, 1.165) is 32.2 Å². The van der Waals surface area contributed by atoms with E-state index in [1.54, 1.807) is 9.80 Å². The van der Waals surface area contributed by atoms with E-state index in [1.807, 2.05) is 0 Å². The smallest absolute Gasteiger partial charge is 0.139 e. The molecule has 2 fully saturated rings. The number of likely N-dealkylation sites (N-methyl/N-ethyl adjacent to an activating group) is 1. The monoisotopic (exact) mass is 238 g/mol. The molecule has 1 aliphatic carbocycles. The second kappa shape index (κ2) is 5.86. The van der Waals surface area contributed by atoms with Crippen molar-refractivity contribution in [2.75, 3.05) is 39.8 Å². The Bertz CT molecular complexity index is 291. The molecule has 0 aromatic carbocycles. The van der Waals surface area contributed by atoms with Crippen LogP contribution in [0.5, 0.6) is 0 Å². The molecule has 1 aliphatic heterocycles. The van der Waals surface area contributed by atoms with E-state index in [2.05, 4.69) is 18.9 Å². The van der Waals surface area contributed by atoms with Crippen LogP contribution in [0.3, 0.4) is 0 Å². The summed E-state index contributed by atoms with van der Waals surface area (Å²) in [5, 5.41) is 10.3. The Morgan fingerprint density at radius 3 is 2.35 bits per heavy atom. The van der Waals surface area contributed by atoms with E-state index < -0.39 is 5.60 Å². The lowest BCUT2D eigenvalue weighted by molar-refractivity contribution is -1.000. The second-order valence-corrected chi connectivity index (χ2v) is 5.78. The number of rotatable bonds is 1. The van der Waals surface area contributed by atoms with Crippen molar-refractivity contribution < 1.29 is 14.9 Å². The van der Waals surface area contributed by atoms with Gasteiger partial charge in [0.2, 0.25) is 0 Å². The molecule has 1 saturated carbocycles. The van der Waals surface area contributed by atoms with Gasteiger partial charge in [-0.3, -0.25) is 0 Å². The van der Waals surface area contributed by atoms with Gasteiger partial charge in [-0.25, -0.2) is 0 Å². The lowest BCUT2D eigenvalue weighted by Crippen LogP contribution is -3.26. The molecule has 2 aliphatic rings. The lowest BCUT2D eigenvalue weighted by atomic mass is 9.85. The topological polar surface area (TPSA) is 29.1 Å². The lowest BCUT2D eigenvalue weighted by Gasteiger charge is -2.27. The normalized spacial score (nSPS) is 32.6. The van der Waals surface area contributed by atoms with Crippen LogP contribution in [0.25, 0.3) is 0 Å². The summed E-state index contributed by atoms with van der Waals surface area (Å²) < 4.78 is 0. The van der Waals surface area contributed by atoms with Crippen molar-refractivity contribution in [1.82, 2.24) is 0 Å². The van der Waals surface area contributed by atoms with Crippen LogP contribution in [0.1, 0.15) is 32.1 Å². The Morgan fingerprint density at radius 2 is 1.71 bits per heavy atom. The number of piperazine rings is 1. The number of hydrogen-bond donors (Lipinski definition) is 3. The van der Waals surface area contributed by atoms with Crippen LogP contribution >= 0.6 is 0 Å². The molecule has 1 saturated heterocycles. The van der Waals surface area contributed by atoms with E-state index in [0.29, 0.717) is 0 Å². The van der Waals surface area contributed by atoms with Crippen molar-refractivity contribution in [3.05, 3.63) is 0 Å². The van der Waals surface area contributed by atoms with Crippen LogP contribution in [0.2, 0.25) is 0 Å². The fourth-order valence-electron chi connectivity index (χ4n) is 2.80.